The number of imidazole rings is 1. The summed E-state index contributed by atoms with van der Waals surface area (Å²) in [6.07, 6.45) is -1.37. The molecule has 0 saturated heterocycles. The molecule has 2 heterocycles. The number of aromatic nitrogens is 3. The number of nitrogens with one attached hydrogen (secondary N) is 1. The smallest absolute Gasteiger partial charge is 0.339 e. The van der Waals surface area contributed by atoms with E-state index in [1.807, 2.05) is 0 Å². The summed E-state index contributed by atoms with van der Waals surface area (Å²) in [6, 6.07) is 1.72. The molecule has 2 aromatic heterocycles. The van der Waals surface area contributed by atoms with Crippen molar-refractivity contribution < 1.29 is 13.2 Å². The number of rotatable bonds is 2. The largest absolute Gasteiger partial charge is 0.416 e. The van der Waals surface area contributed by atoms with Gasteiger partial charge in [-0.25, -0.2) is 9.97 Å². The standard InChI is InChI=1S/C9H5ClF3N3S/c10-6-3-5(9(11,12)13)4-7(16-6)17-8-14-1-2-15-8/h1-4H,(H,14,15). The second-order valence-electron chi connectivity index (χ2n) is 3.01. The van der Waals surface area contributed by atoms with Gasteiger partial charge in [-0.3, -0.25) is 0 Å². The van der Waals surface area contributed by atoms with Crippen molar-refractivity contribution in [3.63, 3.8) is 0 Å². The summed E-state index contributed by atoms with van der Waals surface area (Å²) in [5, 5.41) is 0.390. The molecule has 90 valence electrons. The van der Waals surface area contributed by atoms with E-state index in [-0.39, 0.29) is 10.2 Å². The molecule has 2 aromatic rings. The minimum absolute atomic E-state index is 0.139. The van der Waals surface area contributed by atoms with Crippen LogP contribution in [0.15, 0.2) is 34.7 Å². The molecule has 0 amide bonds. The average Bonchev–Trinajstić information content (AvgIpc) is 2.68. The van der Waals surface area contributed by atoms with Crippen molar-refractivity contribution in [2.45, 2.75) is 16.4 Å². The van der Waals surface area contributed by atoms with E-state index in [4.69, 9.17) is 11.6 Å². The number of pyridine rings is 1. The SMILES string of the molecule is FC(F)(F)c1cc(Cl)nc(Sc2ncc[nH]2)c1. The Labute approximate surface area is 103 Å². The van der Waals surface area contributed by atoms with Crippen molar-refractivity contribution in [1.29, 1.82) is 0 Å². The monoisotopic (exact) mass is 279 g/mol. The summed E-state index contributed by atoms with van der Waals surface area (Å²) in [4.78, 5) is 10.4. The van der Waals surface area contributed by atoms with Crippen molar-refractivity contribution in [2.75, 3.05) is 0 Å². The molecule has 0 aromatic carbocycles. The Balaban J connectivity index is 2.32. The van der Waals surface area contributed by atoms with E-state index < -0.39 is 11.7 Å². The predicted molar refractivity (Wildman–Crippen MR) is 57.0 cm³/mol. The van der Waals surface area contributed by atoms with Crippen LogP contribution < -0.4 is 0 Å². The van der Waals surface area contributed by atoms with Crippen molar-refractivity contribution >= 4 is 23.4 Å². The topological polar surface area (TPSA) is 41.6 Å². The van der Waals surface area contributed by atoms with E-state index in [1.54, 1.807) is 6.20 Å². The van der Waals surface area contributed by atoms with Gasteiger partial charge in [0.15, 0.2) is 5.16 Å². The first-order chi connectivity index (χ1) is 7.95. The third kappa shape index (κ3) is 3.13. The highest BCUT2D eigenvalue weighted by molar-refractivity contribution is 7.99. The summed E-state index contributed by atoms with van der Waals surface area (Å²) < 4.78 is 37.5. The van der Waals surface area contributed by atoms with Crippen LogP contribution in [0.3, 0.4) is 0 Å². The van der Waals surface area contributed by atoms with Gasteiger partial charge < -0.3 is 4.98 Å². The number of alkyl halides is 3. The number of hydrogen-bond donors (Lipinski definition) is 1. The normalized spacial score (nSPS) is 11.8. The van der Waals surface area contributed by atoms with Crippen molar-refractivity contribution in [1.82, 2.24) is 15.0 Å². The molecule has 0 aliphatic carbocycles. The molecule has 17 heavy (non-hydrogen) atoms. The lowest BCUT2D eigenvalue weighted by atomic mass is 10.3. The highest BCUT2D eigenvalue weighted by atomic mass is 35.5. The Morgan fingerprint density at radius 3 is 2.65 bits per heavy atom. The molecule has 0 aliphatic heterocycles. The number of hydrogen-bond acceptors (Lipinski definition) is 3. The lowest BCUT2D eigenvalue weighted by molar-refractivity contribution is -0.137. The Bertz CT molecular complexity index is 513. The molecule has 0 spiro atoms. The fraction of sp³-hybridized carbons (Fsp3) is 0.111. The second kappa shape index (κ2) is 4.58. The van der Waals surface area contributed by atoms with Crippen LogP contribution in [0.25, 0.3) is 0 Å². The van der Waals surface area contributed by atoms with Gasteiger partial charge in [0.05, 0.1) is 5.56 Å². The van der Waals surface area contributed by atoms with Crippen molar-refractivity contribution in [3.8, 4) is 0 Å². The third-order valence-corrected chi connectivity index (χ3v) is 2.80. The fourth-order valence-corrected chi connectivity index (χ4v) is 2.12. The molecule has 0 unspecified atom stereocenters. The van der Waals surface area contributed by atoms with Gasteiger partial charge in [-0.05, 0) is 23.9 Å². The van der Waals surface area contributed by atoms with Crippen LogP contribution in [0, 0.1) is 0 Å². The molecule has 2 rings (SSSR count). The summed E-state index contributed by atoms with van der Waals surface area (Å²) in [6.45, 7) is 0. The molecule has 0 fully saturated rings. The van der Waals surface area contributed by atoms with Crippen molar-refractivity contribution in [3.05, 3.63) is 35.2 Å². The zero-order chi connectivity index (χ0) is 12.5. The van der Waals surface area contributed by atoms with E-state index in [9.17, 15) is 13.2 Å². The first kappa shape index (κ1) is 12.3. The molecule has 0 radical (unpaired) electrons. The van der Waals surface area contributed by atoms with Crippen LogP contribution in [0.2, 0.25) is 5.15 Å². The second-order valence-corrected chi connectivity index (χ2v) is 4.41. The van der Waals surface area contributed by atoms with Gasteiger partial charge in [-0.2, -0.15) is 13.2 Å². The molecule has 8 heteroatoms. The minimum atomic E-state index is -4.44. The highest BCUT2D eigenvalue weighted by Gasteiger charge is 2.31. The maximum absolute atomic E-state index is 12.5. The fourth-order valence-electron chi connectivity index (χ4n) is 1.09. The molecule has 1 N–H and O–H groups in total. The summed E-state index contributed by atoms with van der Waals surface area (Å²) in [7, 11) is 0. The van der Waals surface area contributed by atoms with E-state index >= 15 is 0 Å². The predicted octanol–water partition coefficient (Wildman–Crippen LogP) is 3.63. The van der Waals surface area contributed by atoms with Crippen molar-refractivity contribution in [2.24, 2.45) is 0 Å². The van der Waals surface area contributed by atoms with E-state index in [2.05, 4.69) is 15.0 Å². The van der Waals surface area contributed by atoms with Gasteiger partial charge in [-0.1, -0.05) is 11.6 Å². The number of halogens is 4. The number of aromatic amines is 1. The quantitative estimate of drug-likeness (QED) is 0.854. The van der Waals surface area contributed by atoms with Crippen LogP contribution in [0.1, 0.15) is 5.56 Å². The Hall–Kier alpha value is -1.21. The average molecular weight is 280 g/mol. The molecular weight excluding hydrogens is 275 g/mol. The molecule has 0 atom stereocenters. The summed E-state index contributed by atoms with van der Waals surface area (Å²) in [5.41, 5.74) is -0.827. The van der Waals surface area contributed by atoms with Crippen LogP contribution in [0.5, 0.6) is 0 Å². The molecule has 3 nitrogen and oxygen atoms in total. The van der Waals surface area contributed by atoms with Gasteiger partial charge in [0.1, 0.15) is 10.2 Å². The Morgan fingerprint density at radius 2 is 2.06 bits per heavy atom. The van der Waals surface area contributed by atoms with Gasteiger partial charge in [0.25, 0.3) is 0 Å². The highest BCUT2D eigenvalue weighted by Crippen LogP contribution is 2.34. The Morgan fingerprint density at radius 1 is 1.29 bits per heavy atom. The van der Waals surface area contributed by atoms with Gasteiger partial charge in [-0.15, -0.1) is 0 Å². The molecule has 0 bridgehead atoms. The summed E-state index contributed by atoms with van der Waals surface area (Å²) >= 11 is 6.52. The molecule has 0 aliphatic rings. The molecular formula is C9H5ClF3N3S. The van der Waals surface area contributed by atoms with E-state index in [1.165, 1.54) is 6.20 Å². The third-order valence-electron chi connectivity index (χ3n) is 1.77. The zero-order valence-electron chi connectivity index (χ0n) is 8.12. The maximum Gasteiger partial charge on any atom is 0.416 e. The van der Waals surface area contributed by atoms with E-state index in [0.717, 1.165) is 23.9 Å². The van der Waals surface area contributed by atoms with E-state index in [0.29, 0.717) is 5.16 Å². The first-order valence-corrected chi connectivity index (χ1v) is 5.56. The van der Waals surface area contributed by atoms with Gasteiger partial charge in [0, 0.05) is 12.4 Å². The van der Waals surface area contributed by atoms with Gasteiger partial charge in [0.2, 0.25) is 0 Å². The lowest BCUT2D eigenvalue weighted by Gasteiger charge is -2.08. The first-order valence-electron chi connectivity index (χ1n) is 4.37. The molecule has 0 saturated carbocycles. The van der Waals surface area contributed by atoms with Crippen LogP contribution in [0.4, 0.5) is 13.2 Å². The maximum atomic E-state index is 12.5. The number of H-pyrrole nitrogens is 1. The lowest BCUT2D eigenvalue weighted by Crippen LogP contribution is -2.05. The van der Waals surface area contributed by atoms with Gasteiger partial charge >= 0.3 is 6.18 Å². The zero-order valence-corrected chi connectivity index (χ0v) is 9.70. The van der Waals surface area contributed by atoms with Crippen LogP contribution in [-0.2, 0) is 6.18 Å². The Kier molecular flexibility index (Phi) is 3.30. The number of nitrogens with zero attached hydrogens (tertiary/aromatic N) is 2. The van der Waals surface area contributed by atoms with Crippen LogP contribution in [-0.4, -0.2) is 15.0 Å². The van der Waals surface area contributed by atoms with Crippen LogP contribution >= 0.6 is 23.4 Å². The summed E-state index contributed by atoms with van der Waals surface area (Å²) in [5.74, 6) is 0. The minimum Gasteiger partial charge on any atom is -0.339 e.